The molecule has 0 rings (SSSR count). The first kappa shape index (κ1) is 6.89. The summed E-state index contributed by atoms with van der Waals surface area (Å²) in [4.78, 5) is 8.17. The lowest BCUT2D eigenvalue weighted by molar-refractivity contribution is 0.497. The van der Waals surface area contributed by atoms with Gasteiger partial charge in [-0.15, -0.1) is 6.58 Å². The van der Waals surface area contributed by atoms with Crippen molar-refractivity contribution in [2.45, 2.75) is 5.78 Å². The molecule has 0 heterocycles. The van der Waals surface area contributed by atoms with Gasteiger partial charge in [-0.1, -0.05) is 6.08 Å². The molecule has 0 radical (unpaired) electrons. The van der Waals surface area contributed by atoms with E-state index in [4.69, 9.17) is 10.6 Å². The Balaban J connectivity index is 3.55. The van der Waals surface area contributed by atoms with Gasteiger partial charge in [-0.2, -0.15) is 0 Å². The van der Waals surface area contributed by atoms with Gasteiger partial charge in [0.15, 0.2) is 0 Å². The molecule has 2 unspecified atom stereocenters. The number of hydrogen-bond donors (Lipinski definition) is 2. The first-order chi connectivity index (χ1) is 3.18. The van der Waals surface area contributed by atoms with Crippen LogP contribution < -0.4 is 5.73 Å². The van der Waals surface area contributed by atoms with E-state index in [1.54, 1.807) is 0 Å². The quantitative estimate of drug-likeness (QED) is 0.397. The first-order valence-corrected chi connectivity index (χ1v) is 3.22. The molecule has 42 valence electrons. The first-order valence-electron chi connectivity index (χ1n) is 1.79. The summed E-state index contributed by atoms with van der Waals surface area (Å²) >= 11 is 0. The largest absolute Gasteiger partial charge is 0.345 e. The van der Waals surface area contributed by atoms with Crippen LogP contribution in [0.25, 0.3) is 0 Å². The number of rotatable bonds is 2. The van der Waals surface area contributed by atoms with E-state index in [1.165, 1.54) is 6.08 Å². The second-order valence-electron chi connectivity index (χ2n) is 1.10. The second kappa shape index (κ2) is 2.97. The molecule has 0 aromatic carbocycles. The molecular weight excluding hydrogens is 113 g/mol. The molecule has 2 atom stereocenters. The maximum Gasteiger partial charge on any atom is 0.209 e. The molecule has 0 aromatic heterocycles. The van der Waals surface area contributed by atoms with Crippen LogP contribution in [-0.4, -0.2) is 10.7 Å². The molecule has 0 spiro atoms. The third-order valence-corrected chi connectivity index (χ3v) is 1.35. The van der Waals surface area contributed by atoms with E-state index in [0.717, 1.165) is 0 Å². The van der Waals surface area contributed by atoms with Gasteiger partial charge in [0.2, 0.25) is 8.03 Å². The van der Waals surface area contributed by atoms with Gasteiger partial charge in [-0.05, 0) is 0 Å². The fraction of sp³-hybridized carbons (Fsp3) is 0.333. The smallest absolute Gasteiger partial charge is 0.209 e. The molecule has 0 aliphatic carbocycles. The molecule has 0 amide bonds. The minimum atomic E-state index is -2.55. The second-order valence-corrected chi connectivity index (χ2v) is 2.44. The Morgan fingerprint density at radius 2 is 2.43 bits per heavy atom. The summed E-state index contributed by atoms with van der Waals surface area (Å²) in [6.07, 6.45) is 1.25. The Labute approximate surface area is 42.7 Å². The van der Waals surface area contributed by atoms with Crippen LogP contribution >= 0.6 is 8.03 Å². The van der Waals surface area contributed by atoms with Crippen LogP contribution in [0.4, 0.5) is 0 Å². The summed E-state index contributed by atoms with van der Waals surface area (Å²) < 4.78 is 9.92. The normalized spacial score (nSPS) is 18.0. The topological polar surface area (TPSA) is 63.3 Å². The summed E-state index contributed by atoms with van der Waals surface area (Å²) in [6, 6.07) is 0. The molecular formula is C3H8NO2P. The molecule has 0 aromatic rings. The monoisotopic (exact) mass is 121 g/mol. The van der Waals surface area contributed by atoms with Crippen LogP contribution in [0.15, 0.2) is 12.7 Å². The van der Waals surface area contributed by atoms with Crippen molar-refractivity contribution in [2.24, 2.45) is 5.73 Å². The van der Waals surface area contributed by atoms with E-state index < -0.39 is 13.8 Å². The van der Waals surface area contributed by atoms with E-state index in [0.29, 0.717) is 0 Å². The van der Waals surface area contributed by atoms with Crippen molar-refractivity contribution >= 4 is 8.03 Å². The van der Waals surface area contributed by atoms with Crippen molar-refractivity contribution in [3.05, 3.63) is 12.7 Å². The van der Waals surface area contributed by atoms with Gasteiger partial charge in [-0.3, -0.25) is 4.57 Å². The van der Waals surface area contributed by atoms with E-state index >= 15 is 0 Å². The fourth-order valence-corrected chi connectivity index (χ4v) is 0.302. The average Bonchev–Trinajstić information content (AvgIpc) is 1.65. The van der Waals surface area contributed by atoms with Crippen molar-refractivity contribution in [1.29, 1.82) is 0 Å². The number of nitrogens with two attached hydrogens (primary N) is 1. The van der Waals surface area contributed by atoms with Crippen molar-refractivity contribution in [3.63, 3.8) is 0 Å². The number of hydrogen-bond acceptors (Lipinski definition) is 2. The standard InChI is InChI=1S/C3H8NO2P/c1-2-3(4)7(5)6/h2-3,7H,1,4H2,(H,5,6). The fourth-order valence-electron chi connectivity index (χ4n) is 0.101. The molecule has 0 saturated carbocycles. The van der Waals surface area contributed by atoms with Crippen molar-refractivity contribution in [3.8, 4) is 0 Å². The van der Waals surface area contributed by atoms with Gasteiger partial charge >= 0.3 is 0 Å². The third-order valence-electron chi connectivity index (χ3n) is 0.539. The molecule has 0 aliphatic rings. The van der Waals surface area contributed by atoms with Crippen LogP contribution in [-0.2, 0) is 4.57 Å². The molecule has 0 saturated heterocycles. The molecule has 3 N–H and O–H groups in total. The van der Waals surface area contributed by atoms with Crippen molar-refractivity contribution in [1.82, 2.24) is 0 Å². The zero-order chi connectivity index (χ0) is 5.86. The Kier molecular flexibility index (Phi) is 2.92. The highest BCUT2D eigenvalue weighted by atomic mass is 31.1. The third kappa shape index (κ3) is 2.57. The van der Waals surface area contributed by atoms with Gasteiger partial charge in [0.1, 0.15) is 0 Å². The molecule has 0 bridgehead atoms. The van der Waals surface area contributed by atoms with Crippen molar-refractivity contribution in [2.75, 3.05) is 0 Å². The maximum absolute atomic E-state index is 9.92. The minimum Gasteiger partial charge on any atom is -0.345 e. The van der Waals surface area contributed by atoms with Crippen LogP contribution in [0.2, 0.25) is 0 Å². The Hall–Kier alpha value is -0.110. The van der Waals surface area contributed by atoms with Gasteiger partial charge in [0.05, 0.1) is 5.78 Å². The summed E-state index contributed by atoms with van der Waals surface area (Å²) in [5.41, 5.74) is 4.98. The summed E-state index contributed by atoms with van der Waals surface area (Å²) in [7, 11) is -2.55. The van der Waals surface area contributed by atoms with E-state index in [-0.39, 0.29) is 0 Å². The maximum atomic E-state index is 9.92. The zero-order valence-electron chi connectivity index (χ0n) is 3.79. The summed E-state index contributed by atoms with van der Waals surface area (Å²) in [5, 5.41) is 0. The Bertz CT molecular complexity index is 92.9. The van der Waals surface area contributed by atoms with Gasteiger partial charge < -0.3 is 10.6 Å². The molecule has 3 nitrogen and oxygen atoms in total. The lowest BCUT2D eigenvalue weighted by Gasteiger charge is -1.95. The predicted molar refractivity (Wildman–Crippen MR) is 29.4 cm³/mol. The molecule has 0 fully saturated rings. The Morgan fingerprint density at radius 1 is 2.00 bits per heavy atom. The highest BCUT2D eigenvalue weighted by Gasteiger charge is 1.98. The van der Waals surface area contributed by atoms with Gasteiger partial charge in [0, 0.05) is 0 Å². The average molecular weight is 121 g/mol. The zero-order valence-corrected chi connectivity index (χ0v) is 4.79. The Morgan fingerprint density at radius 3 is 2.43 bits per heavy atom. The SMILES string of the molecule is C=CC(N)[PH](=O)O. The minimum absolute atomic E-state index is 0.731. The lowest BCUT2D eigenvalue weighted by atomic mass is 10.7. The highest BCUT2D eigenvalue weighted by molar-refractivity contribution is 7.39. The predicted octanol–water partition coefficient (Wildman–Crippen LogP) is -0.0758. The summed E-state index contributed by atoms with van der Waals surface area (Å²) in [5.74, 6) is -0.731. The van der Waals surface area contributed by atoms with E-state index in [2.05, 4.69) is 6.58 Å². The van der Waals surface area contributed by atoms with Crippen LogP contribution in [0.1, 0.15) is 0 Å². The molecule has 0 aliphatic heterocycles. The van der Waals surface area contributed by atoms with Crippen LogP contribution in [0.5, 0.6) is 0 Å². The lowest BCUT2D eigenvalue weighted by Crippen LogP contribution is -2.09. The summed E-state index contributed by atoms with van der Waals surface area (Å²) in [6.45, 7) is 3.22. The highest BCUT2D eigenvalue weighted by Crippen LogP contribution is 2.16. The van der Waals surface area contributed by atoms with Gasteiger partial charge in [-0.25, -0.2) is 0 Å². The van der Waals surface area contributed by atoms with Crippen LogP contribution in [0, 0.1) is 0 Å². The molecule has 4 heteroatoms. The van der Waals surface area contributed by atoms with Gasteiger partial charge in [0.25, 0.3) is 0 Å². The van der Waals surface area contributed by atoms with Crippen molar-refractivity contribution < 1.29 is 9.46 Å². The van der Waals surface area contributed by atoms with E-state index in [9.17, 15) is 4.57 Å². The van der Waals surface area contributed by atoms with E-state index in [1.807, 2.05) is 0 Å². The molecule has 7 heavy (non-hydrogen) atoms. The van der Waals surface area contributed by atoms with Crippen LogP contribution in [0.3, 0.4) is 0 Å².